The standard InChI is InChI=1S/C15H25N5O3S.ClH/c1-10(2)11-8-20(15-17-6-4-13(16)19-15)9-12(11)18-14(21)5-7-24(3,22)23;/h4,6,10-12H,5,7-9H2,1-3H3,(H,18,21)(H2,16,17,19);1H/t11-,12+;/m1./s1. The van der Waals surface area contributed by atoms with Crippen LogP contribution in [0.15, 0.2) is 12.3 Å². The van der Waals surface area contributed by atoms with E-state index in [0.29, 0.717) is 24.2 Å². The molecular formula is C15H26ClN5O3S. The van der Waals surface area contributed by atoms with Crippen molar-refractivity contribution in [2.75, 3.05) is 35.7 Å². The van der Waals surface area contributed by atoms with Crippen molar-refractivity contribution in [1.29, 1.82) is 0 Å². The van der Waals surface area contributed by atoms with Crippen molar-refractivity contribution in [3.05, 3.63) is 12.3 Å². The molecule has 0 unspecified atom stereocenters. The van der Waals surface area contributed by atoms with E-state index in [9.17, 15) is 13.2 Å². The molecule has 25 heavy (non-hydrogen) atoms. The number of nitrogens with two attached hydrogens (primary N) is 1. The highest BCUT2D eigenvalue weighted by Gasteiger charge is 2.36. The van der Waals surface area contributed by atoms with Gasteiger partial charge in [0.25, 0.3) is 0 Å². The van der Waals surface area contributed by atoms with Gasteiger partial charge in [0.2, 0.25) is 11.9 Å². The lowest BCUT2D eigenvalue weighted by molar-refractivity contribution is -0.121. The smallest absolute Gasteiger partial charge is 0.227 e. The number of carbonyl (C=O) groups excluding carboxylic acids is 1. The number of nitrogens with zero attached hydrogens (tertiary/aromatic N) is 3. The largest absolute Gasteiger partial charge is 0.384 e. The maximum Gasteiger partial charge on any atom is 0.227 e. The summed E-state index contributed by atoms with van der Waals surface area (Å²) in [5, 5.41) is 2.97. The average molecular weight is 392 g/mol. The molecule has 0 saturated carbocycles. The van der Waals surface area contributed by atoms with Crippen molar-refractivity contribution < 1.29 is 13.2 Å². The summed E-state index contributed by atoms with van der Waals surface area (Å²) >= 11 is 0. The Balaban J connectivity index is 0.00000312. The molecule has 0 bridgehead atoms. The zero-order valence-electron chi connectivity index (χ0n) is 14.7. The lowest BCUT2D eigenvalue weighted by atomic mass is 9.91. The summed E-state index contributed by atoms with van der Waals surface area (Å²) in [5.41, 5.74) is 5.71. The summed E-state index contributed by atoms with van der Waals surface area (Å²) in [6, 6.07) is 1.56. The van der Waals surface area contributed by atoms with Gasteiger partial charge in [-0.25, -0.2) is 13.4 Å². The van der Waals surface area contributed by atoms with Gasteiger partial charge in [-0.3, -0.25) is 4.79 Å². The number of hydrogen-bond acceptors (Lipinski definition) is 7. The van der Waals surface area contributed by atoms with Gasteiger partial charge in [-0.15, -0.1) is 12.4 Å². The molecule has 2 heterocycles. The Morgan fingerprint density at radius 2 is 2.12 bits per heavy atom. The Bertz CT molecular complexity index is 698. The third-order valence-electron chi connectivity index (χ3n) is 4.21. The second kappa shape index (κ2) is 8.66. The summed E-state index contributed by atoms with van der Waals surface area (Å²) in [7, 11) is -3.15. The van der Waals surface area contributed by atoms with Crippen molar-refractivity contribution in [3.8, 4) is 0 Å². The molecule has 2 rings (SSSR count). The van der Waals surface area contributed by atoms with E-state index in [1.165, 1.54) is 0 Å². The van der Waals surface area contributed by atoms with E-state index in [1.807, 2.05) is 4.90 Å². The normalized spacial score (nSPS) is 20.4. The van der Waals surface area contributed by atoms with Crippen molar-refractivity contribution in [3.63, 3.8) is 0 Å². The molecule has 1 fully saturated rings. The first kappa shape index (κ1) is 21.4. The molecule has 0 spiro atoms. The van der Waals surface area contributed by atoms with Gasteiger partial charge >= 0.3 is 0 Å². The molecule has 1 aliphatic rings. The van der Waals surface area contributed by atoms with Gasteiger partial charge in [0.05, 0.1) is 11.8 Å². The molecule has 8 nitrogen and oxygen atoms in total. The summed E-state index contributed by atoms with van der Waals surface area (Å²) in [6.45, 7) is 5.50. The maximum atomic E-state index is 12.1. The van der Waals surface area contributed by atoms with E-state index in [1.54, 1.807) is 12.3 Å². The number of nitrogens with one attached hydrogen (secondary N) is 1. The monoisotopic (exact) mass is 391 g/mol. The molecule has 1 saturated heterocycles. The van der Waals surface area contributed by atoms with Gasteiger partial charge in [-0.05, 0) is 12.0 Å². The molecule has 0 aliphatic carbocycles. The van der Waals surface area contributed by atoms with Crippen LogP contribution in [0.2, 0.25) is 0 Å². The van der Waals surface area contributed by atoms with Gasteiger partial charge in [-0.2, -0.15) is 4.98 Å². The van der Waals surface area contributed by atoms with E-state index in [0.717, 1.165) is 12.8 Å². The number of carbonyl (C=O) groups is 1. The van der Waals surface area contributed by atoms with Crippen LogP contribution in [-0.2, 0) is 14.6 Å². The fourth-order valence-electron chi connectivity index (χ4n) is 2.89. The summed E-state index contributed by atoms with van der Waals surface area (Å²) in [5.74, 6) is 1.16. The third kappa shape index (κ3) is 6.32. The van der Waals surface area contributed by atoms with Crippen LogP contribution in [0.1, 0.15) is 20.3 Å². The van der Waals surface area contributed by atoms with Crippen molar-refractivity contribution in [2.45, 2.75) is 26.3 Å². The van der Waals surface area contributed by atoms with Crippen LogP contribution in [0.25, 0.3) is 0 Å². The molecule has 1 aromatic rings. The van der Waals surface area contributed by atoms with Crippen LogP contribution >= 0.6 is 12.4 Å². The molecule has 1 aliphatic heterocycles. The molecular weight excluding hydrogens is 366 g/mol. The van der Waals surface area contributed by atoms with Crippen LogP contribution < -0.4 is 16.0 Å². The summed E-state index contributed by atoms with van der Waals surface area (Å²) < 4.78 is 22.4. The number of amides is 1. The Morgan fingerprint density at radius 3 is 2.68 bits per heavy atom. The molecule has 1 amide bonds. The predicted octanol–water partition coefficient (Wildman–Crippen LogP) is 0.492. The van der Waals surface area contributed by atoms with E-state index in [4.69, 9.17) is 5.73 Å². The van der Waals surface area contributed by atoms with E-state index in [2.05, 4.69) is 29.1 Å². The van der Waals surface area contributed by atoms with Gasteiger partial charge in [0, 0.05) is 37.9 Å². The topological polar surface area (TPSA) is 118 Å². The number of anilines is 2. The number of halogens is 1. The van der Waals surface area contributed by atoms with Gasteiger partial charge in [0.1, 0.15) is 15.7 Å². The molecule has 10 heteroatoms. The van der Waals surface area contributed by atoms with Crippen LogP contribution in [0.5, 0.6) is 0 Å². The quantitative estimate of drug-likeness (QED) is 0.724. The minimum atomic E-state index is -3.15. The highest BCUT2D eigenvalue weighted by molar-refractivity contribution is 7.90. The number of hydrogen-bond donors (Lipinski definition) is 2. The Kier molecular flexibility index (Phi) is 7.43. The first-order chi connectivity index (χ1) is 11.2. The lowest BCUT2D eigenvalue weighted by Gasteiger charge is -2.22. The predicted molar refractivity (Wildman–Crippen MR) is 100 cm³/mol. The maximum absolute atomic E-state index is 12.1. The van der Waals surface area contributed by atoms with Crippen LogP contribution in [0.4, 0.5) is 11.8 Å². The van der Waals surface area contributed by atoms with E-state index >= 15 is 0 Å². The third-order valence-corrected chi connectivity index (χ3v) is 5.16. The molecule has 142 valence electrons. The number of rotatable bonds is 6. The SMILES string of the molecule is CC(C)[C@H]1CN(c2nccc(N)n2)C[C@@H]1NC(=O)CCS(C)(=O)=O.Cl. The lowest BCUT2D eigenvalue weighted by Crippen LogP contribution is -2.42. The highest BCUT2D eigenvalue weighted by atomic mass is 35.5. The van der Waals surface area contributed by atoms with E-state index in [-0.39, 0.29) is 42.4 Å². The molecule has 2 atom stereocenters. The molecule has 3 N–H and O–H groups in total. The number of nitrogen functional groups attached to an aromatic ring is 1. The van der Waals surface area contributed by atoms with Gasteiger partial charge in [-0.1, -0.05) is 13.8 Å². The first-order valence-corrected chi connectivity index (χ1v) is 10.0. The highest BCUT2D eigenvalue weighted by Crippen LogP contribution is 2.27. The first-order valence-electron chi connectivity index (χ1n) is 7.96. The van der Waals surface area contributed by atoms with E-state index < -0.39 is 9.84 Å². The zero-order chi connectivity index (χ0) is 17.9. The van der Waals surface area contributed by atoms with Gasteiger partial charge < -0.3 is 16.0 Å². The van der Waals surface area contributed by atoms with Crippen LogP contribution in [0, 0.1) is 11.8 Å². The van der Waals surface area contributed by atoms with Crippen molar-refractivity contribution in [2.24, 2.45) is 11.8 Å². The van der Waals surface area contributed by atoms with Crippen molar-refractivity contribution >= 4 is 39.9 Å². The zero-order valence-corrected chi connectivity index (χ0v) is 16.3. The number of sulfone groups is 1. The molecule has 0 aromatic carbocycles. The Labute approximate surface area is 154 Å². The minimum absolute atomic E-state index is 0. The molecule has 1 aromatic heterocycles. The fourth-order valence-corrected chi connectivity index (χ4v) is 3.45. The van der Waals surface area contributed by atoms with Gasteiger partial charge in [0.15, 0.2) is 0 Å². The second-order valence-electron chi connectivity index (χ2n) is 6.65. The molecule has 0 radical (unpaired) electrons. The van der Waals surface area contributed by atoms with Crippen LogP contribution in [-0.4, -0.2) is 55.4 Å². The minimum Gasteiger partial charge on any atom is -0.384 e. The summed E-state index contributed by atoms with van der Waals surface area (Å²) in [4.78, 5) is 22.5. The Hall–Kier alpha value is -1.61. The van der Waals surface area contributed by atoms with Crippen molar-refractivity contribution in [1.82, 2.24) is 15.3 Å². The van der Waals surface area contributed by atoms with Crippen LogP contribution in [0.3, 0.4) is 0 Å². The number of aromatic nitrogens is 2. The summed E-state index contributed by atoms with van der Waals surface area (Å²) in [6.07, 6.45) is 2.72. The second-order valence-corrected chi connectivity index (χ2v) is 8.91. The fraction of sp³-hybridized carbons (Fsp3) is 0.667. The Morgan fingerprint density at radius 1 is 1.44 bits per heavy atom. The average Bonchev–Trinajstić information content (AvgIpc) is 2.88.